The van der Waals surface area contributed by atoms with E-state index in [1.54, 1.807) is 6.26 Å². The normalized spacial score (nSPS) is 14.1. The van der Waals surface area contributed by atoms with Gasteiger partial charge >= 0.3 is 6.01 Å². The molecule has 3 N–H and O–H groups in total. The molecule has 0 amide bonds. The molecule has 96 valence electrons. The second-order valence-electron chi connectivity index (χ2n) is 3.52. The van der Waals surface area contributed by atoms with Crippen LogP contribution in [0.5, 0.6) is 6.01 Å². The molecule has 0 fully saturated rings. The zero-order valence-corrected chi connectivity index (χ0v) is 11.0. The minimum absolute atomic E-state index is 0.0166. The first-order chi connectivity index (χ1) is 8.01. The summed E-state index contributed by atoms with van der Waals surface area (Å²) in [5.41, 5.74) is 5.52. The minimum atomic E-state index is -0.880. The maximum atomic E-state index is 11.0. The van der Waals surface area contributed by atoms with Crippen LogP contribution in [0.1, 0.15) is 13.8 Å². The van der Waals surface area contributed by atoms with Gasteiger partial charge in [-0.25, -0.2) is 0 Å². The van der Waals surface area contributed by atoms with Crippen LogP contribution in [0.15, 0.2) is 0 Å². The van der Waals surface area contributed by atoms with Gasteiger partial charge in [0.05, 0.1) is 6.61 Å². The maximum Gasteiger partial charge on any atom is 0.323 e. The first-order valence-electron chi connectivity index (χ1n) is 5.22. The SMILES string of the molecule is CCOc1nc(N)nc(NC(C)CS(C)=O)n1. The third kappa shape index (κ3) is 4.94. The van der Waals surface area contributed by atoms with E-state index in [1.165, 1.54) is 0 Å². The molecule has 2 atom stereocenters. The smallest absolute Gasteiger partial charge is 0.323 e. The fourth-order valence-corrected chi connectivity index (χ4v) is 2.03. The lowest BCUT2D eigenvalue weighted by atomic mass is 10.4. The Bertz CT molecular complexity index is 401. The van der Waals surface area contributed by atoms with Gasteiger partial charge in [0.2, 0.25) is 11.9 Å². The standard InChI is InChI=1S/C9H17N5O2S/c1-4-16-9-13-7(10)12-8(14-9)11-6(2)5-17(3)15/h6H,4-5H2,1-3H3,(H3,10,11,12,13,14). The van der Waals surface area contributed by atoms with Crippen LogP contribution in [0, 0.1) is 0 Å². The number of anilines is 2. The summed E-state index contributed by atoms with van der Waals surface area (Å²) in [6.07, 6.45) is 1.64. The quantitative estimate of drug-likeness (QED) is 0.743. The third-order valence-electron chi connectivity index (χ3n) is 1.77. The van der Waals surface area contributed by atoms with E-state index >= 15 is 0 Å². The predicted octanol–water partition coefficient (Wildman–Crippen LogP) is 0.0314. The fourth-order valence-electron chi connectivity index (χ4n) is 1.24. The van der Waals surface area contributed by atoms with Crippen LogP contribution >= 0.6 is 0 Å². The van der Waals surface area contributed by atoms with Crippen molar-refractivity contribution in [1.29, 1.82) is 0 Å². The average molecular weight is 259 g/mol. The number of nitrogen functional groups attached to an aromatic ring is 1. The lowest BCUT2D eigenvalue weighted by molar-refractivity contribution is 0.312. The molecule has 0 spiro atoms. The van der Waals surface area contributed by atoms with Gasteiger partial charge in [-0.15, -0.1) is 0 Å². The number of hydrogen-bond acceptors (Lipinski definition) is 7. The highest BCUT2D eigenvalue weighted by Gasteiger charge is 2.09. The molecule has 0 aliphatic heterocycles. The summed E-state index contributed by atoms with van der Waals surface area (Å²) in [5.74, 6) is 0.935. The van der Waals surface area contributed by atoms with Crippen LogP contribution in [-0.2, 0) is 10.8 Å². The summed E-state index contributed by atoms with van der Waals surface area (Å²) in [6, 6.07) is 0.171. The second-order valence-corrected chi connectivity index (χ2v) is 5.00. The van der Waals surface area contributed by atoms with E-state index in [0.29, 0.717) is 18.3 Å². The zero-order chi connectivity index (χ0) is 12.8. The van der Waals surface area contributed by atoms with Crippen LogP contribution in [0.2, 0.25) is 0 Å². The van der Waals surface area contributed by atoms with Gasteiger partial charge in [0.15, 0.2) is 0 Å². The average Bonchev–Trinajstić information content (AvgIpc) is 2.14. The van der Waals surface area contributed by atoms with Crippen LogP contribution in [0.25, 0.3) is 0 Å². The van der Waals surface area contributed by atoms with Crippen LogP contribution in [0.3, 0.4) is 0 Å². The van der Waals surface area contributed by atoms with E-state index in [1.807, 2.05) is 13.8 Å². The van der Waals surface area contributed by atoms with E-state index < -0.39 is 10.8 Å². The van der Waals surface area contributed by atoms with Gasteiger partial charge in [-0.1, -0.05) is 0 Å². The summed E-state index contributed by atoms with van der Waals surface area (Å²) in [4.78, 5) is 11.8. The summed E-state index contributed by atoms with van der Waals surface area (Å²) >= 11 is 0. The molecule has 0 aliphatic rings. The highest BCUT2D eigenvalue weighted by atomic mass is 32.2. The Morgan fingerprint density at radius 3 is 2.76 bits per heavy atom. The summed E-state index contributed by atoms with van der Waals surface area (Å²) in [7, 11) is -0.880. The predicted molar refractivity (Wildman–Crippen MR) is 67.4 cm³/mol. The van der Waals surface area contributed by atoms with E-state index in [-0.39, 0.29) is 18.0 Å². The number of ether oxygens (including phenoxy) is 1. The molecule has 7 nitrogen and oxygen atoms in total. The molecular formula is C9H17N5O2S. The molecule has 0 saturated carbocycles. The Kier molecular flexibility index (Phi) is 5.08. The monoisotopic (exact) mass is 259 g/mol. The number of nitrogens with zero attached hydrogens (tertiary/aromatic N) is 3. The molecule has 0 aliphatic carbocycles. The van der Waals surface area contributed by atoms with E-state index in [0.717, 1.165) is 0 Å². The molecule has 0 aromatic carbocycles. The summed E-state index contributed by atoms with van der Waals surface area (Å²) < 4.78 is 16.2. The van der Waals surface area contributed by atoms with Crippen LogP contribution in [0.4, 0.5) is 11.9 Å². The largest absolute Gasteiger partial charge is 0.464 e. The summed E-state index contributed by atoms with van der Waals surface area (Å²) in [6.45, 7) is 4.18. The molecule has 1 aromatic heterocycles. The lowest BCUT2D eigenvalue weighted by Gasteiger charge is -2.12. The first-order valence-corrected chi connectivity index (χ1v) is 6.95. The molecule has 17 heavy (non-hydrogen) atoms. The molecule has 1 heterocycles. The van der Waals surface area contributed by atoms with Gasteiger partial charge < -0.3 is 15.8 Å². The minimum Gasteiger partial charge on any atom is -0.464 e. The van der Waals surface area contributed by atoms with Crippen LogP contribution in [-0.4, -0.2) is 43.8 Å². The maximum absolute atomic E-state index is 11.0. The highest BCUT2D eigenvalue weighted by molar-refractivity contribution is 7.84. The number of rotatable bonds is 6. The molecule has 0 radical (unpaired) electrons. The molecule has 8 heteroatoms. The number of nitrogens with one attached hydrogen (secondary N) is 1. The second kappa shape index (κ2) is 6.33. The molecule has 0 bridgehead atoms. The Morgan fingerprint density at radius 1 is 1.47 bits per heavy atom. The van der Waals surface area contributed by atoms with Gasteiger partial charge in [-0.05, 0) is 13.8 Å². The Morgan fingerprint density at radius 2 is 2.18 bits per heavy atom. The van der Waals surface area contributed by atoms with Crippen molar-refractivity contribution in [2.24, 2.45) is 0 Å². The number of nitrogens with two attached hydrogens (primary N) is 1. The van der Waals surface area contributed by atoms with Crippen molar-refractivity contribution in [3.8, 4) is 6.01 Å². The van der Waals surface area contributed by atoms with Crippen molar-refractivity contribution in [2.45, 2.75) is 19.9 Å². The van der Waals surface area contributed by atoms with Gasteiger partial charge in [0.1, 0.15) is 0 Å². The van der Waals surface area contributed by atoms with Gasteiger partial charge in [-0.2, -0.15) is 15.0 Å². The lowest BCUT2D eigenvalue weighted by Crippen LogP contribution is -2.24. The van der Waals surface area contributed by atoms with E-state index in [9.17, 15) is 4.21 Å². The van der Waals surface area contributed by atoms with Gasteiger partial charge in [0.25, 0.3) is 0 Å². The van der Waals surface area contributed by atoms with Crippen molar-refractivity contribution in [1.82, 2.24) is 15.0 Å². The van der Waals surface area contributed by atoms with Crippen molar-refractivity contribution in [3.63, 3.8) is 0 Å². The molecular weight excluding hydrogens is 242 g/mol. The zero-order valence-electron chi connectivity index (χ0n) is 10.1. The third-order valence-corrected chi connectivity index (χ3v) is 2.74. The first kappa shape index (κ1) is 13.6. The summed E-state index contributed by atoms with van der Waals surface area (Å²) in [5, 5.41) is 3.00. The van der Waals surface area contributed by atoms with Gasteiger partial charge in [-0.3, -0.25) is 4.21 Å². The van der Waals surface area contributed by atoms with Crippen molar-refractivity contribution >= 4 is 22.7 Å². The number of hydrogen-bond donors (Lipinski definition) is 2. The highest BCUT2D eigenvalue weighted by Crippen LogP contribution is 2.09. The van der Waals surface area contributed by atoms with Crippen LogP contribution < -0.4 is 15.8 Å². The Labute approximate surface area is 103 Å². The number of aromatic nitrogens is 3. The van der Waals surface area contributed by atoms with Crippen molar-refractivity contribution in [3.05, 3.63) is 0 Å². The Hall–Kier alpha value is -1.44. The van der Waals surface area contributed by atoms with Crippen molar-refractivity contribution in [2.75, 3.05) is 29.7 Å². The topological polar surface area (TPSA) is 103 Å². The molecule has 0 saturated heterocycles. The van der Waals surface area contributed by atoms with Crippen molar-refractivity contribution < 1.29 is 8.95 Å². The fraction of sp³-hybridized carbons (Fsp3) is 0.667. The van der Waals surface area contributed by atoms with E-state index in [4.69, 9.17) is 10.5 Å². The Balaban J connectivity index is 2.72. The van der Waals surface area contributed by atoms with E-state index in [2.05, 4.69) is 20.3 Å². The molecule has 2 unspecified atom stereocenters. The van der Waals surface area contributed by atoms with Gasteiger partial charge in [0, 0.05) is 28.9 Å². The molecule has 1 rings (SSSR count). The molecule has 1 aromatic rings.